The number of methoxy groups -OCH3 is 1. The topological polar surface area (TPSA) is 115 Å². The third-order valence-electron chi connectivity index (χ3n) is 5.23. The highest BCUT2D eigenvalue weighted by Gasteiger charge is 2.22. The Morgan fingerprint density at radius 2 is 1.88 bits per heavy atom. The molecule has 168 valence electrons. The van der Waals surface area contributed by atoms with E-state index in [2.05, 4.69) is 9.97 Å². The van der Waals surface area contributed by atoms with Crippen molar-refractivity contribution in [1.29, 1.82) is 0 Å². The minimum Gasteiger partial charge on any atom is -0.481 e. The Hall–Kier alpha value is -3.59. The van der Waals surface area contributed by atoms with Gasteiger partial charge in [-0.25, -0.2) is 9.97 Å². The molecule has 3 rings (SSSR count). The number of aliphatic carboxylic acids is 1. The number of carboxylic acid groups (broad SMARTS) is 1. The van der Waals surface area contributed by atoms with Gasteiger partial charge < -0.3 is 14.7 Å². The number of fused-ring (bicyclic) bond motifs is 1. The molecular formula is C23H26N4O5. The number of pyridine rings is 1. The molecule has 0 saturated carbocycles. The maximum atomic E-state index is 13.5. The smallest absolute Gasteiger partial charge is 0.303 e. The van der Waals surface area contributed by atoms with Gasteiger partial charge in [0.25, 0.3) is 5.56 Å². The maximum absolute atomic E-state index is 13.5. The van der Waals surface area contributed by atoms with E-state index in [-0.39, 0.29) is 36.6 Å². The highest BCUT2D eigenvalue weighted by atomic mass is 16.5. The van der Waals surface area contributed by atoms with Crippen LogP contribution in [0.4, 0.5) is 5.82 Å². The van der Waals surface area contributed by atoms with E-state index in [0.29, 0.717) is 23.4 Å². The van der Waals surface area contributed by atoms with E-state index in [0.717, 1.165) is 5.56 Å². The second kappa shape index (κ2) is 10.1. The zero-order chi connectivity index (χ0) is 23.3. The molecular weight excluding hydrogens is 412 g/mol. The summed E-state index contributed by atoms with van der Waals surface area (Å²) >= 11 is 0. The van der Waals surface area contributed by atoms with Gasteiger partial charge in [0.15, 0.2) is 5.65 Å². The van der Waals surface area contributed by atoms with Gasteiger partial charge in [-0.2, -0.15) is 0 Å². The van der Waals surface area contributed by atoms with Crippen LogP contribution in [0, 0.1) is 0 Å². The number of aryl methyl sites for hydroxylation is 1. The highest BCUT2D eigenvalue weighted by Crippen LogP contribution is 2.23. The van der Waals surface area contributed by atoms with Crippen LogP contribution >= 0.6 is 0 Å². The first kappa shape index (κ1) is 23.1. The van der Waals surface area contributed by atoms with Crippen molar-refractivity contribution in [1.82, 2.24) is 14.5 Å². The minimum absolute atomic E-state index is 0.0556. The van der Waals surface area contributed by atoms with Gasteiger partial charge in [-0.05, 0) is 30.5 Å². The molecule has 1 N–H and O–H groups in total. The first-order valence-corrected chi connectivity index (χ1v) is 10.3. The normalized spacial score (nSPS) is 12.0. The van der Waals surface area contributed by atoms with Gasteiger partial charge in [0.1, 0.15) is 17.0 Å². The number of hydrogen-bond acceptors (Lipinski definition) is 6. The van der Waals surface area contributed by atoms with Crippen LogP contribution in [0.5, 0.6) is 0 Å². The molecule has 1 aromatic carbocycles. The molecule has 0 aliphatic carbocycles. The average molecular weight is 438 g/mol. The van der Waals surface area contributed by atoms with Crippen molar-refractivity contribution < 1.29 is 19.4 Å². The number of nitrogens with zero attached hydrogens (tertiary/aromatic N) is 4. The second-order valence-corrected chi connectivity index (χ2v) is 7.45. The number of aromatic nitrogens is 3. The van der Waals surface area contributed by atoms with Crippen molar-refractivity contribution in [2.45, 2.75) is 32.2 Å². The summed E-state index contributed by atoms with van der Waals surface area (Å²) in [6.45, 7) is 1.65. The minimum atomic E-state index is -0.925. The van der Waals surface area contributed by atoms with Gasteiger partial charge in [0.2, 0.25) is 5.91 Å². The SMILES string of the molecule is COC[C@@H](c1ccccc1)n1c(=O)c(CCCC(=O)O)nc2ccc(N(C)C(C)=O)nc21. The second-order valence-electron chi connectivity index (χ2n) is 7.45. The standard InChI is InChI=1S/C23H26N4O5/c1-15(28)26(2)20-13-12-17-22(25-20)27(19(14-32-3)16-8-5-4-6-9-16)23(31)18(24-17)10-7-11-21(29)30/h4-6,8-9,12-13,19H,7,10-11,14H2,1-3H3,(H,29,30)/t19-/m0/s1. The van der Waals surface area contributed by atoms with Crippen LogP contribution in [0.15, 0.2) is 47.3 Å². The molecule has 0 bridgehead atoms. The Bertz CT molecular complexity index is 1180. The fourth-order valence-electron chi connectivity index (χ4n) is 3.48. The number of ether oxygens (including phenoxy) is 1. The summed E-state index contributed by atoms with van der Waals surface area (Å²) < 4.78 is 6.97. The van der Waals surface area contributed by atoms with Crippen LogP contribution in [0.2, 0.25) is 0 Å². The predicted octanol–water partition coefficient (Wildman–Crippen LogP) is 2.42. The lowest BCUT2D eigenvalue weighted by Crippen LogP contribution is -2.33. The van der Waals surface area contributed by atoms with E-state index in [1.807, 2.05) is 30.3 Å². The lowest BCUT2D eigenvalue weighted by atomic mass is 10.1. The molecule has 0 aliphatic rings. The molecule has 3 aromatic rings. The maximum Gasteiger partial charge on any atom is 0.303 e. The summed E-state index contributed by atoms with van der Waals surface area (Å²) in [5.74, 6) is -0.727. The van der Waals surface area contributed by atoms with E-state index >= 15 is 0 Å². The Labute approximate surface area is 185 Å². The summed E-state index contributed by atoms with van der Waals surface area (Å²) in [6, 6.07) is 12.3. The zero-order valence-electron chi connectivity index (χ0n) is 18.3. The molecule has 0 fully saturated rings. The third-order valence-corrected chi connectivity index (χ3v) is 5.23. The van der Waals surface area contributed by atoms with Crippen LogP contribution < -0.4 is 10.5 Å². The van der Waals surface area contributed by atoms with Crippen molar-refractivity contribution in [3.05, 3.63) is 64.1 Å². The Morgan fingerprint density at radius 3 is 2.50 bits per heavy atom. The summed E-state index contributed by atoms with van der Waals surface area (Å²) in [5, 5.41) is 8.96. The summed E-state index contributed by atoms with van der Waals surface area (Å²) in [7, 11) is 3.16. The van der Waals surface area contributed by atoms with Crippen LogP contribution in [0.25, 0.3) is 11.2 Å². The molecule has 1 amide bonds. The summed E-state index contributed by atoms with van der Waals surface area (Å²) in [5.41, 5.74) is 1.57. The molecule has 2 heterocycles. The third kappa shape index (κ3) is 5.00. The van der Waals surface area contributed by atoms with E-state index in [1.54, 1.807) is 26.3 Å². The predicted molar refractivity (Wildman–Crippen MR) is 120 cm³/mol. The van der Waals surface area contributed by atoms with Crippen molar-refractivity contribution in [2.75, 3.05) is 25.7 Å². The van der Waals surface area contributed by atoms with Crippen molar-refractivity contribution in [3.8, 4) is 0 Å². The molecule has 9 nitrogen and oxygen atoms in total. The molecule has 0 aliphatic heterocycles. The molecule has 0 saturated heterocycles. The molecule has 2 aromatic heterocycles. The first-order valence-electron chi connectivity index (χ1n) is 10.3. The number of carbonyl (C=O) groups is 2. The lowest BCUT2D eigenvalue weighted by Gasteiger charge is -2.23. The Kier molecular flexibility index (Phi) is 7.32. The monoisotopic (exact) mass is 438 g/mol. The number of carboxylic acids is 1. The average Bonchev–Trinajstić information content (AvgIpc) is 2.78. The fraction of sp³-hybridized carbons (Fsp3) is 0.348. The summed E-state index contributed by atoms with van der Waals surface area (Å²) in [4.78, 5) is 46.8. The van der Waals surface area contributed by atoms with Gasteiger partial charge in [0, 0.05) is 27.5 Å². The quantitative estimate of drug-likeness (QED) is 0.546. The van der Waals surface area contributed by atoms with Crippen LogP contribution in [-0.4, -0.2) is 52.3 Å². The van der Waals surface area contributed by atoms with Gasteiger partial charge >= 0.3 is 5.97 Å². The first-order chi connectivity index (χ1) is 15.3. The Balaban J connectivity index is 2.25. The lowest BCUT2D eigenvalue weighted by molar-refractivity contribution is -0.137. The van der Waals surface area contributed by atoms with Crippen molar-refractivity contribution in [3.63, 3.8) is 0 Å². The van der Waals surface area contributed by atoms with Gasteiger partial charge in [-0.1, -0.05) is 30.3 Å². The molecule has 32 heavy (non-hydrogen) atoms. The van der Waals surface area contributed by atoms with Crippen molar-refractivity contribution in [2.24, 2.45) is 0 Å². The van der Waals surface area contributed by atoms with E-state index in [4.69, 9.17) is 9.84 Å². The van der Waals surface area contributed by atoms with Crippen LogP contribution in [0.3, 0.4) is 0 Å². The van der Waals surface area contributed by atoms with Gasteiger partial charge in [-0.15, -0.1) is 0 Å². The molecule has 0 radical (unpaired) electrons. The fourth-order valence-corrected chi connectivity index (χ4v) is 3.48. The number of rotatable bonds is 9. The Morgan fingerprint density at radius 1 is 1.16 bits per heavy atom. The van der Waals surface area contributed by atoms with Crippen LogP contribution in [0.1, 0.15) is 37.1 Å². The molecule has 9 heteroatoms. The number of amides is 1. The molecule has 0 unspecified atom stereocenters. The summed E-state index contributed by atoms with van der Waals surface area (Å²) in [6.07, 6.45) is 0.465. The number of carbonyl (C=O) groups excluding carboxylic acids is 1. The number of anilines is 1. The van der Waals surface area contributed by atoms with E-state index in [9.17, 15) is 14.4 Å². The van der Waals surface area contributed by atoms with Crippen molar-refractivity contribution >= 4 is 28.9 Å². The van der Waals surface area contributed by atoms with E-state index in [1.165, 1.54) is 16.4 Å². The molecule has 0 spiro atoms. The van der Waals surface area contributed by atoms with Crippen LogP contribution in [-0.2, 0) is 20.7 Å². The largest absolute Gasteiger partial charge is 0.481 e. The number of benzene rings is 1. The highest BCUT2D eigenvalue weighted by molar-refractivity contribution is 5.90. The van der Waals surface area contributed by atoms with Gasteiger partial charge in [-0.3, -0.25) is 19.0 Å². The molecule has 1 atom stereocenters. The van der Waals surface area contributed by atoms with E-state index < -0.39 is 12.0 Å². The van der Waals surface area contributed by atoms with Gasteiger partial charge in [0.05, 0.1) is 12.6 Å². The zero-order valence-corrected chi connectivity index (χ0v) is 18.3. The number of hydrogen-bond donors (Lipinski definition) is 1.